The first-order chi connectivity index (χ1) is 8.44. The second-order valence-corrected chi connectivity index (χ2v) is 7.17. The molecule has 0 spiro atoms. The molecular weight excluding hydrogens is 262 g/mol. The molecule has 0 heterocycles. The van der Waals surface area contributed by atoms with Gasteiger partial charge in [-0.05, 0) is 41.5 Å². The van der Waals surface area contributed by atoms with Crippen LogP contribution in [0, 0.1) is 5.92 Å². The summed E-state index contributed by atoms with van der Waals surface area (Å²) in [6.07, 6.45) is 0.196. The van der Waals surface area contributed by atoms with Crippen LogP contribution in [0.15, 0.2) is 0 Å². The quantitative estimate of drug-likeness (QED) is 0.637. The summed E-state index contributed by atoms with van der Waals surface area (Å²) in [5.41, 5.74) is 0. The number of hydrogen-bond donors (Lipinski definition) is 0. The molecule has 0 bridgehead atoms. The summed E-state index contributed by atoms with van der Waals surface area (Å²) >= 11 is 0. The zero-order valence-corrected chi connectivity index (χ0v) is 17.6. The molecule has 0 aromatic heterocycles. The topological polar surface area (TPSA) is 27.7 Å². The molecule has 0 aliphatic heterocycles. The molecule has 0 N–H and O–H groups in total. The average Bonchev–Trinajstić information content (AvgIpc) is 2.12. The summed E-state index contributed by atoms with van der Waals surface area (Å²) in [5.74, 6) is 0.392. The van der Waals surface area contributed by atoms with Gasteiger partial charge in [-0.2, -0.15) is 0 Å². The maximum atomic E-state index is 6.20. The standard InChI is InChI=1S/C15H34BO3.Na/c1-11(2)15(9,10)16(17-12(3)4,18-13(5)6)19-14(7)8;/h11-14H,1-10H3;/q-1;+1. The van der Waals surface area contributed by atoms with E-state index in [0.29, 0.717) is 5.92 Å². The van der Waals surface area contributed by atoms with Crippen LogP contribution in [0.25, 0.3) is 0 Å². The molecule has 0 unspecified atom stereocenters. The van der Waals surface area contributed by atoms with Crippen molar-refractivity contribution in [1.29, 1.82) is 0 Å². The fourth-order valence-electron chi connectivity index (χ4n) is 2.11. The van der Waals surface area contributed by atoms with Crippen LogP contribution in [0.5, 0.6) is 0 Å². The predicted octanol–water partition coefficient (Wildman–Crippen LogP) is 1.64. The molecule has 20 heavy (non-hydrogen) atoms. The Morgan fingerprint density at radius 1 is 0.650 bits per heavy atom. The summed E-state index contributed by atoms with van der Waals surface area (Å²) in [6, 6.07) is 0. The molecule has 0 saturated heterocycles. The zero-order valence-electron chi connectivity index (χ0n) is 15.6. The Morgan fingerprint density at radius 3 is 1.05 bits per heavy atom. The van der Waals surface area contributed by atoms with Gasteiger partial charge in [0.1, 0.15) is 0 Å². The summed E-state index contributed by atoms with van der Waals surface area (Å²) in [7, 11) is 0. The monoisotopic (exact) mass is 296 g/mol. The number of rotatable bonds is 8. The molecule has 0 fully saturated rings. The first-order valence-electron chi connectivity index (χ1n) is 7.61. The van der Waals surface area contributed by atoms with Crippen LogP contribution in [0.3, 0.4) is 0 Å². The summed E-state index contributed by atoms with van der Waals surface area (Å²) in [6.45, 7) is 19.1. The van der Waals surface area contributed by atoms with E-state index in [2.05, 4.69) is 27.7 Å². The summed E-state index contributed by atoms with van der Waals surface area (Å²) < 4.78 is 18.6. The van der Waals surface area contributed by atoms with Gasteiger partial charge in [0, 0.05) is 18.3 Å². The molecular formula is C15H34BNaO3. The van der Waals surface area contributed by atoms with E-state index < -0.39 is 6.75 Å². The van der Waals surface area contributed by atoms with Gasteiger partial charge in [0.25, 0.3) is 0 Å². The van der Waals surface area contributed by atoms with E-state index in [1.165, 1.54) is 0 Å². The summed E-state index contributed by atoms with van der Waals surface area (Å²) in [5, 5.41) is -0.196. The first kappa shape index (κ1) is 23.2. The minimum absolute atomic E-state index is 0. The van der Waals surface area contributed by atoms with Crippen LogP contribution < -0.4 is 29.6 Å². The van der Waals surface area contributed by atoms with Crippen molar-refractivity contribution in [3.63, 3.8) is 0 Å². The maximum Gasteiger partial charge on any atom is 1.00 e. The van der Waals surface area contributed by atoms with Crippen molar-refractivity contribution in [3.8, 4) is 0 Å². The van der Waals surface area contributed by atoms with E-state index in [9.17, 15) is 0 Å². The molecule has 0 aliphatic carbocycles. The molecule has 0 aromatic rings. The third kappa shape index (κ3) is 6.37. The molecule has 0 saturated carbocycles. The van der Waals surface area contributed by atoms with Gasteiger partial charge < -0.3 is 14.0 Å². The molecule has 0 amide bonds. The Hall–Kier alpha value is 0.945. The van der Waals surface area contributed by atoms with Crippen molar-refractivity contribution < 1.29 is 43.5 Å². The largest absolute Gasteiger partial charge is 1.00 e. The van der Waals surface area contributed by atoms with E-state index in [4.69, 9.17) is 14.0 Å². The normalized spacial score (nSPS) is 13.5. The van der Waals surface area contributed by atoms with E-state index >= 15 is 0 Å². The molecule has 0 aromatic carbocycles. The third-order valence-corrected chi connectivity index (χ3v) is 3.75. The maximum absolute atomic E-state index is 6.20. The Morgan fingerprint density at radius 2 is 0.900 bits per heavy atom. The minimum atomic E-state index is -1.81. The molecule has 0 rings (SSSR count). The minimum Gasteiger partial charge on any atom is -0.542 e. The Kier molecular flexibility index (Phi) is 10.6. The second kappa shape index (κ2) is 9.17. The Balaban J connectivity index is 0. The van der Waals surface area contributed by atoms with Crippen molar-refractivity contribution in [3.05, 3.63) is 0 Å². The third-order valence-electron chi connectivity index (χ3n) is 3.75. The van der Waals surface area contributed by atoms with Crippen LogP contribution >= 0.6 is 0 Å². The van der Waals surface area contributed by atoms with Crippen molar-refractivity contribution in [2.75, 3.05) is 0 Å². The van der Waals surface area contributed by atoms with Gasteiger partial charge >= 0.3 is 36.3 Å². The van der Waals surface area contributed by atoms with Gasteiger partial charge in [-0.1, -0.05) is 38.9 Å². The molecule has 0 aliphatic rings. The molecule has 0 radical (unpaired) electrons. The van der Waals surface area contributed by atoms with Crippen molar-refractivity contribution in [1.82, 2.24) is 0 Å². The van der Waals surface area contributed by atoms with Gasteiger partial charge in [-0.25, -0.2) is 0 Å². The van der Waals surface area contributed by atoms with Gasteiger partial charge in [0.15, 0.2) is 0 Å². The van der Waals surface area contributed by atoms with Crippen LogP contribution in [0.1, 0.15) is 69.2 Å². The van der Waals surface area contributed by atoms with E-state index in [-0.39, 0.29) is 53.2 Å². The van der Waals surface area contributed by atoms with Crippen LogP contribution in [-0.2, 0) is 14.0 Å². The Labute approximate surface area is 148 Å². The van der Waals surface area contributed by atoms with Crippen LogP contribution in [-0.4, -0.2) is 25.1 Å². The fourth-order valence-corrected chi connectivity index (χ4v) is 2.11. The van der Waals surface area contributed by atoms with Gasteiger partial charge in [-0.3, -0.25) is 0 Å². The van der Waals surface area contributed by atoms with E-state index in [1.54, 1.807) is 0 Å². The van der Waals surface area contributed by atoms with E-state index in [0.717, 1.165) is 0 Å². The molecule has 3 nitrogen and oxygen atoms in total. The molecule has 5 heteroatoms. The van der Waals surface area contributed by atoms with Crippen molar-refractivity contribution >= 4 is 6.75 Å². The SMILES string of the molecule is CC(C)O[B-](OC(C)C)(OC(C)C)C(C)(C)C(C)C.[Na+]. The van der Waals surface area contributed by atoms with Gasteiger partial charge in [-0.15, -0.1) is 0 Å². The van der Waals surface area contributed by atoms with Gasteiger partial charge in [0.2, 0.25) is 0 Å². The number of hydrogen-bond acceptors (Lipinski definition) is 3. The van der Waals surface area contributed by atoms with Crippen molar-refractivity contribution in [2.24, 2.45) is 5.92 Å². The smallest absolute Gasteiger partial charge is 0.542 e. The van der Waals surface area contributed by atoms with Gasteiger partial charge in [0.05, 0.1) is 0 Å². The Bertz CT molecular complexity index is 239. The molecule has 0 atom stereocenters. The zero-order chi connectivity index (χ0) is 15.4. The predicted molar refractivity (Wildman–Crippen MR) is 83.3 cm³/mol. The average molecular weight is 296 g/mol. The summed E-state index contributed by atoms with van der Waals surface area (Å²) in [4.78, 5) is 0. The van der Waals surface area contributed by atoms with Crippen molar-refractivity contribution in [2.45, 2.75) is 92.9 Å². The fraction of sp³-hybridized carbons (Fsp3) is 1.00. The first-order valence-corrected chi connectivity index (χ1v) is 7.61. The van der Waals surface area contributed by atoms with E-state index in [1.807, 2.05) is 41.5 Å². The second-order valence-electron chi connectivity index (χ2n) is 7.17. The van der Waals surface area contributed by atoms with Crippen LogP contribution in [0.2, 0.25) is 5.31 Å². The molecule has 116 valence electrons. The van der Waals surface area contributed by atoms with Crippen LogP contribution in [0.4, 0.5) is 0 Å².